The number of thiophene rings is 1. The van der Waals surface area contributed by atoms with Gasteiger partial charge in [-0.3, -0.25) is 0 Å². The standard InChI is InChI=1S/C13H9F2N3S2/c1-6-4-8-11(19-6)17-13(16)18-12(8)20-10-3-2-7(14)5-9(10)15/h2-5H,1H3,(H2,16,17,18). The van der Waals surface area contributed by atoms with Gasteiger partial charge in [0.05, 0.1) is 0 Å². The quantitative estimate of drug-likeness (QED) is 0.727. The van der Waals surface area contributed by atoms with Crippen LogP contribution in [0.15, 0.2) is 34.2 Å². The first-order valence-corrected chi connectivity index (χ1v) is 7.33. The first-order chi connectivity index (χ1) is 9.52. The molecule has 0 saturated carbocycles. The van der Waals surface area contributed by atoms with Crippen LogP contribution in [0.4, 0.5) is 14.7 Å². The van der Waals surface area contributed by atoms with Crippen LogP contribution >= 0.6 is 23.1 Å². The van der Waals surface area contributed by atoms with E-state index in [-0.39, 0.29) is 5.95 Å². The second kappa shape index (κ2) is 4.99. The van der Waals surface area contributed by atoms with Gasteiger partial charge < -0.3 is 5.73 Å². The van der Waals surface area contributed by atoms with Crippen LogP contribution in [0.5, 0.6) is 0 Å². The lowest BCUT2D eigenvalue weighted by atomic mass is 10.3. The maximum atomic E-state index is 13.7. The van der Waals surface area contributed by atoms with E-state index in [2.05, 4.69) is 9.97 Å². The van der Waals surface area contributed by atoms with Crippen molar-refractivity contribution >= 4 is 39.3 Å². The number of anilines is 1. The van der Waals surface area contributed by atoms with Crippen LogP contribution in [0.1, 0.15) is 4.88 Å². The molecular formula is C13H9F2N3S2. The second-order valence-electron chi connectivity index (χ2n) is 4.14. The molecule has 20 heavy (non-hydrogen) atoms. The molecule has 0 aliphatic rings. The van der Waals surface area contributed by atoms with Gasteiger partial charge in [0.25, 0.3) is 0 Å². The number of nitrogens with zero attached hydrogens (tertiary/aromatic N) is 2. The highest BCUT2D eigenvalue weighted by Gasteiger charge is 2.13. The van der Waals surface area contributed by atoms with Gasteiger partial charge in [0, 0.05) is 21.2 Å². The summed E-state index contributed by atoms with van der Waals surface area (Å²) in [6.07, 6.45) is 0. The highest BCUT2D eigenvalue weighted by atomic mass is 32.2. The fraction of sp³-hybridized carbons (Fsp3) is 0.0769. The van der Waals surface area contributed by atoms with Gasteiger partial charge in [-0.05, 0) is 25.1 Å². The van der Waals surface area contributed by atoms with E-state index in [1.807, 2.05) is 13.0 Å². The summed E-state index contributed by atoms with van der Waals surface area (Å²) in [6, 6.07) is 5.39. The number of benzene rings is 1. The third kappa shape index (κ3) is 2.46. The first-order valence-electron chi connectivity index (χ1n) is 5.69. The number of nitrogen functional groups attached to an aromatic ring is 1. The predicted molar refractivity (Wildman–Crippen MR) is 77.0 cm³/mol. The van der Waals surface area contributed by atoms with Gasteiger partial charge in [-0.1, -0.05) is 11.8 Å². The van der Waals surface area contributed by atoms with E-state index in [0.29, 0.717) is 9.92 Å². The molecule has 3 aromatic rings. The van der Waals surface area contributed by atoms with Crippen molar-refractivity contribution in [2.45, 2.75) is 16.8 Å². The zero-order chi connectivity index (χ0) is 14.3. The fourth-order valence-corrected chi connectivity index (χ4v) is 3.63. The van der Waals surface area contributed by atoms with Gasteiger partial charge in [0.1, 0.15) is 21.5 Å². The Labute approximate surface area is 121 Å². The highest BCUT2D eigenvalue weighted by molar-refractivity contribution is 7.99. The number of halogens is 2. The first kappa shape index (κ1) is 13.3. The lowest BCUT2D eigenvalue weighted by Gasteiger charge is -2.04. The molecule has 0 amide bonds. The van der Waals surface area contributed by atoms with E-state index in [1.165, 1.54) is 23.5 Å². The number of hydrogen-bond acceptors (Lipinski definition) is 5. The SMILES string of the molecule is Cc1cc2c(Sc3ccc(F)cc3F)nc(N)nc2s1. The minimum atomic E-state index is -0.618. The predicted octanol–water partition coefficient (Wildman–Crippen LogP) is 4.01. The van der Waals surface area contributed by atoms with Crippen molar-refractivity contribution in [1.29, 1.82) is 0 Å². The summed E-state index contributed by atoms with van der Waals surface area (Å²) in [5.41, 5.74) is 5.67. The zero-order valence-electron chi connectivity index (χ0n) is 10.4. The van der Waals surface area contributed by atoms with E-state index < -0.39 is 11.6 Å². The number of rotatable bonds is 2. The summed E-state index contributed by atoms with van der Waals surface area (Å²) < 4.78 is 26.6. The van der Waals surface area contributed by atoms with Gasteiger partial charge in [0.15, 0.2) is 0 Å². The van der Waals surface area contributed by atoms with Crippen LogP contribution in [-0.2, 0) is 0 Å². The lowest BCUT2D eigenvalue weighted by molar-refractivity contribution is 0.565. The Bertz CT molecular complexity index is 802. The molecule has 0 saturated heterocycles. The Kier molecular flexibility index (Phi) is 3.31. The van der Waals surface area contributed by atoms with Gasteiger partial charge in [-0.15, -0.1) is 11.3 Å². The Balaban J connectivity index is 2.10. The fourth-order valence-electron chi connectivity index (χ4n) is 1.77. The third-order valence-corrected chi connectivity index (χ3v) is 4.60. The second-order valence-corrected chi connectivity index (χ2v) is 6.41. The Morgan fingerprint density at radius 1 is 1.20 bits per heavy atom. The molecule has 0 spiro atoms. The summed E-state index contributed by atoms with van der Waals surface area (Å²) >= 11 is 2.61. The third-order valence-electron chi connectivity index (χ3n) is 2.60. The molecule has 0 atom stereocenters. The van der Waals surface area contributed by atoms with E-state index in [0.717, 1.165) is 32.9 Å². The van der Waals surface area contributed by atoms with E-state index >= 15 is 0 Å². The molecule has 0 unspecified atom stereocenters. The minimum absolute atomic E-state index is 0.143. The topological polar surface area (TPSA) is 51.8 Å². The van der Waals surface area contributed by atoms with Crippen LogP contribution in [0.25, 0.3) is 10.2 Å². The van der Waals surface area contributed by atoms with Gasteiger partial charge in [-0.2, -0.15) is 0 Å². The van der Waals surface area contributed by atoms with E-state index in [4.69, 9.17) is 5.73 Å². The van der Waals surface area contributed by atoms with E-state index in [1.54, 1.807) is 0 Å². The largest absolute Gasteiger partial charge is 0.368 e. The molecule has 0 aliphatic carbocycles. The number of nitrogens with two attached hydrogens (primary N) is 1. The molecule has 0 aliphatic heterocycles. The Morgan fingerprint density at radius 2 is 2.00 bits per heavy atom. The molecule has 102 valence electrons. The van der Waals surface area contributed by atoms with Crippen molar-refractivity contribution in [2.24, 2.45) is 0 Å². The molecule has 0 bridgehead atoms. The molecular weight excluding hydrogens is 300 g/mol. The summed E-state index contributed by atoms with van der Waals surface area (Å²) in [7, 11) is 0. The maximum Gasteiger partial charge on any atom is 0.222 e. The van der Waals surface area contributed by atoms with Gasteiger partial charge >= 0.3 is 0 Å². The zero-order valence-corrected chi connectivity index (χ0v) is 12.0. The van der Waals surface area contributed by atoms with Crippen molar-refractivity contribution in [3.05, 3.63) is 40.8 Å². The smallest absolute Gasteiger partial charge is 0.222 e. The monoisotopic (exact) mass is 309 g/mol. The molecule has 3 rings (SSSR count). The van der Waals surface area contributed by atoms with Crippen molar-refractivity contribution in [1.82, 2.24) is 9.97 Å². The van der Waals surface area contributed by atoms with Crippen molar-refractivity contribution in [2.75, 3.05) is 5.73 Å². The van der Waals surface area contributed by atoms with Crippen molar-refractivity contribution in [3.63, 3.8) is 0 Å². The van der Waals surface area contributed by atoms with Crippen molar-refractivity contribution in [3.8, 4) is 0 Å². The maximum absolute atomic E-state index is 13.7. The minimum Gasteiger partial charge on any atom is -0.368 e. The number of aromatic nitrogens is 2. The number of fused-ring (bicyclic) bond motifs is 1. The molecule has 0 radical (unpaired) electrons. The molecule has 2 N–H and O–H groups in total. The van der Waals surface area contributed by atoms with Gasteiger partial charge in [-0.25, -0.2) is 18.7 Å². The number of aryl methyl sites for hydroxylation is 1. The lowest BCUT2D eigenvalue weighted by Crippen LogP contribution is -1.96. The van der Waals surface area contributed by atoms with Crippen LogP contribution in [0.3, 0.4) is 0 Å². The van der Waals surface area contributed by atoms with Crippen LogP contribution in [0, 0.1) is 18.6 Å². The molecule has 2 heterocycles. The summed E-state index contributed by atoms with van der Waals surface area (Å²) in [5.74, 6) is -1.08. The average molecular weight is 309 g/mol. The van der Waals surface area contributed by atoms with Crippen LogP contribution in [-0.4, -0.2) is 9.97 Å². The Morgan fingerprint density at radius 3 is 2.75 bits per heavy atom. The van der Waals surface area contributed by atoms with Gasteiger partial charge in [0.2, 0.25) is 5.95 Å². The summed E-state index contributed by atoms with van der Waals surface area (Å²) in [5, 5.41) is 1.40. The molecule has 2 aromatic heterocycles. The summed E-state index contributed by atoms with van der Waals surface area (Å²) in [6.45, 7) is 1.95. The summed E-state index contributed by atoms with van der Waals surface area (Å²) in [4.78, 5) is 10.4. The molecule has 3 nitrogen and oxygen atoms in total. The molecule has 1 aromatic carbocycles. The van der Waals surface area contributed by atoms with Crippen molar-refractivity contribution < 1.29 is 8.78 Å². The highest BCUT2D eigenvalue weighted by Crippen LogP contribution is 2.36. The average Bonchev–Trinajstić information content (AvgIpc) is 2.73. The normalized spacial score (nSPS) is 11.2. The molecule has 7 heteroatoms. The molecule has 0 fully saturated rings. The number of hydrogen-bond donors (Lipinski definition) is 1. The Hall–Kier alpha value is -1.73. The van der Waals surface area contributed by atoms with Crippen LogP contribution < -0.4 is 5.73 Å². The van der Waals surface area contributed by atoms with Crippen LogP contribution in [0.2, 0.25) is 0 Å². The van der Waals surface area contributed by atoms with E-state index in [9.17, 15) is 8.78 Å².